The Morgan fingerprint density at radius 3 is 2.42 bits per heavy atom. The average molecular weight is 276 g/mol. The van der Waals surface area contributed by atoms with E-state index in [0.29, 0.717) is 5.56 Å². The number of likely N-dealkylation sites (N-methyl/N-ethyl adjacent to an activating group) is 1. The first-order chi connectivity index (χ1) is 9.05. The SMILES string of the molecule is CN1C(=O)C(Cl)(c2ccc(F)cc2)c2ccccc21. The Kier molecular flexibility index (Phi) is 2.61. The summed E-state index contributed by atoms with van der Waals surface area (Å²) in [7, 11) is 1.69. The summed E-state index contributed by atoms with van der Waals surface area (Å²) in [5.74, 6) is -0.571. The average Bonchev–Trinajstić information content (AvgIpc) is 2.63. The number of halogens is 2. The van der Waals surface area contributed by atoms with E-state index in [4.69, 9.17) is 11.6 Å². The summed E-state index contributed by atoms with van der Waals surface area (Å²) in [6.45, 7) is 0. The zero-order valence-electron chi connectivity index (χ0n) is 10.2. The standard InChI is InChI=1S/C15H11ClFNO/c1-18-13-5-3-2-4-12(13)15(16,14(18)19)10-6-8-11(17)9-7-10/h2-9H,1H3. The number of fused-ring (bicyclic) bond motifs is 1. The Morgan fingerprint density at radius 2 is 1.74 bits per heavy atom. The second kappa shape index (κ2) is 4.07. The first-order valence-corrected chi connectivity index (χ1v) is 6.25. The summed E-state index contributed by atoms with van der Waals surface area (Å²) < 4.78 is 13.0. The van der Waals surface area contributed by atoms with Gasteiger partial charge in [0.15, 0.2) is 4.87 Å². The highest BCUT2D eigenvalue weighted by Crippen LogP contribution is 2.48. The molecule has 2 aromatic rings. The maximum atomic E-state index is 13.0. The summed E-state index contributed by atoms with van der Waals surface area (Å²) in [4.78, 5) is 12.7. The Labute approximate surface area is 115 Å². The number of carbonyl (C=O) groups excluding carboxylic acids is 1. The highest BCUT2D eigenvalue weighted by molar-refractivity contribution is 6.41. The van der Waals surface area contributed by atoms with Crippen LogP contribution >= 0.6 is 11.6 Å². The molecule has 1 atom stereocenters. The molecule has 19 heavy (non-hydrogen) atoms. The van der Waals surface area contributed by atoms with Crippen LogP contribution in [-0.2, 0) is 9.67 Å². The van der Waals surface area contributed by atoms with Crippen LogP contribution in [0, 0.1) is 5.82 Å². The molecule has 0 spiro atoms. The fourth-order valence-corrected chi connectivity index (χ4v) is 2.88. The van der Waals surface area contributed by atoms with Gasteiger partial charge in [-0.2, -0.15) is 0 Å². The quantitative estimate of drug-likeness (QED) is 0.732. The fraction of sp³-hybridized carbons (Fsp3) is 0.133. The maximum absolute atomic E-state index is 13.0. The molecular formula is C15H11ClFNO. The van der Waals surface area contributed by atoms with Crippen LogP contribution in [-0.4, -0.2) is 13.0 Å². The van der Waals surface area contributed by atoms with Crippen molar-refractivity contribution in [3.8, 4) is 0 Å². The number of amides is 1. The number of nitrogens with zero attached hydrogens (tertiary/aromatic N) is 1. The predicted octanol–water partition coefficient (Wildman–Crippen LogP) is 3.28. The number of hydrogen-bond acceptors (Lipinski definition) is 1. The Balaban J connectivity index is 2.24. The van der Waals surface area contributed by atoms with Crippen molar-refractivity contribution in [3.05, 3.63) is 65.5 Å². The van der Waals surface area contributed by atoms with Gasteiger partial charge in [-0.15, -0.1) is 0 Å². The van der Waals surface area contributed by atoms with E-state index in [1.807, 2.05) is 24.3 Å². The maximum Gasteiger partial charge on any atom is 0.257 e. The van der Waals surface area contributed by atoms with E-state index >= 15 is 0 Å². The smallest absolute Gasteiger partial charge is 0.257 e. The van der Waals surface area contributed by atoms with Gasteiger partial charge in [0.1, 0.15) is 5.82 Å². The van der Waals surface area contributed by atoms with Gasteiger partial charge in [-0.25, -0.2) is 4.39 Å². The molecular weight excluding hydrogens is 265 g/mol. The fourth-order valence-electron chi connectivity index (χ4n) is 2.47. The van der Waals surface area contributed by atoms with Gasteiger partial charge in [0, 0.05) is 18.3 Å². The zero-order chi connectivity index (χ0) is 13.6. The van der Waals surface area contributed by atoms with Gasteiger partial charge in [-0.05, 0) is 23.8 Å². The predicted molar refractivity (Wildman–Crippen MR) is 72.9 cm³/mol. The minimum atomic E-state index is -1.26. The first-order valence-electron chi connectivity index (χ1n) is 5.88. The Bertz CT molecular complexity index is 655. The molecule has 1 unspecified atom stereocenters. The normalized spacial score (nSPS) is 21.6. The van der Waals surface area contributed by atoms with Crippen molar-refractivity contribution >= 4 is 23.2 Å². The molecule has 96 valence electrons. The molecule has 1 aliphatic heterocycles. The summed E-state index contributed by atoms with van der Waals surface area (Å²) in [5, 5.41) is 0. The van der Waals surface area contributed by atoms with Crippen LogP contribution in [0.15, 0.2) is 48.5 Å². The third-order valence-electron chi connectivity index (χ3n) is 3.48. The molecule has 3 rings (SSSR count). The molecule has 2 nitrogen and oxygen atoms in total. The number of rotatable bonds is 1. The van der Waals surface area contributed by atoms with E-state index in [1.54, 1.807) is 19.2 Å². The van der Waals surface area contributed by atoms with Crippen LogP contribution in [0.2, 0.25) is 0 Å². The van der Waals surface area contributed by atoms with Crippen LogP contribution in [0.5, 0.6) is 0 Å². The third-order valence-corrected chi connectivity index (χ3v) is 4.06. The summed E-state index contributed by atoms with van der Waals surface area (Å²) in [5.41, 5.74) is 2.10. The van der Waals surface area contributed by atoms with E-state index in [-0.39, 0.29) is 11.7 Å². The van der Waals surface area contributed by atoms with Crippen LogP contribution in [0.3, 0.4) is 0 Å². The number of alkyl halides is 1. The molecule has 0 aliphatic carbocycles. The molecule has 0 N–H and O–H groups in total. The van der Waals surface area contributed by atoms with Crippen LogP contribution in [0.25, 0.3) is 0 Å². The van der Waals surface area contributed by atoms with E-state index in [9.17, 15) is 9.18 Å². The molecule has 0 saturated carbocycles. The second-order valence-electron chi connectivity index (χ2n) is 4.55. The molecule has 0 bridgehead atoms. The summed E-state index contributed by atoms with van der Waals surface area (Å²) >= 11 is 6.61. The summed E-state index contributed by atoms with van der Waals surface area (Å²) in [6, 6.07) is 13.1. The van der Waals surface area contributed by atoms with Gasteiger partial charge in [0.2, 0.25) is 0 Å². The Hall–Kier alpha value is -1.87. The molecule has 1 aliphatic rings. The van der Waals surface area contributed by atoms with Gasteiger partial charge in [0.25, 0.3) is 5.91 Å². The number of benzene rings is 2. The van der Waals surface area contributed by atoms with Gasteiger partial charge in [0.05, 0.1) is 0 Å². The molecule has 0 fully saturated rings. The molecule has 1 heterocycles. The highest BCUT2D eigenvalue weighted by Gasteiger charge is 2.49. The molecule has 4 heteroatoms. The Morgan fingerprint density at radius 1 is 1.11 bits per heavy atom. The largest absolute Gasteiger partial charge is 0.313 e. The van der Waals surface area contributed by atoms with Gasteiger partial charge in [-0.1, -0.05) is 41.9 Å². The molecule has 2 aromatic carbocycles. The zero-order valence-corrected chi connectivity index (χ0v) is 11.0. The minimum absolute atomic E-state index is 0.220. The van der Waals surface area contributed by atoms with Gasteiger partial charge >= 0.3 is 0 Å². The van der Waals surface area contributed by atoms with Crippen molar-refractivity contribution < 1.29 is 9.18 Å². The number of carbonyl (C=O) groups is 1. The highest BCUT2D eigenvalue weighted by atomic mass is 35.5. The molecule has 0 radical (unpaired) electrons. The molecule has 1 amide bonds. The van der Waals surface area contributed by atoms with Crippen molar-refractivity contribution in [2.24, 2.45) is 0 Å². The number of para-hydroxylation sites is 1. The van der Waals surface area contributed by atoms with Crippen molar-refractivity contribution in [2.45, 2.75) is 4.87 Å². The first kappa shape index (κ1) is 12.2. The molecule has 0 aromatic heterocycles. The number of hydrogen-bond donors (Lipinski definition) is 0. The summed E-state index contributed by atoms with van der Waals surface area (Å²) in [6.07, 6.45) is 0. The monoisotopic (exact) mass is 275 g/mol. The van der Waals surface area contributed by atoms with Crippen LogP contribution in [0.4, 0.5) is 10.1 Å². The van der Waals surface area contributed by atoms with Crippen molar-refractivity contribution in [1.82, 2.24) is 0 Å². The van der Waals surface area contributed by atoms with Crippen LogP contribution in [0.1, 0.15) is 11.1 Å². The van der Waals surface area contributed by atoms with E-state index in [1.165, 1.54) is 17.0 Å². The van der Waals surface area contributed by atoms with Crippen molar-refractivity contribution in [2.75, 3.05) is 11.9 Å². The van der Waals surface area contributed by atoms with Crippen molar-refractivity contribution in [1.29, 1.82) is 0 Å². The van der Waals surface area contributed by atoms with E-state index in [0.717, 1.165) is 11.3 Å². The van der Waals surface area contributed by atoms with Gasteiger partial charge in [-0.3, -0.25) is 4.79 Å². The minimum Gasteiger partial charge on any atom is -0.313 e. The topological polar surface area (TPSA) is 20.3 Å². The van der Waals surface area contributed by atoms with Gasteiger partial charge < -0.3 is 4.90 Å². The van der Waals surface area contributed by atoms with Crippen LogP contribution < -0.4 is 4.90 Å². The lowest BCUT2D eigenvalue weighted by molar-refractivity contribution is -0.119. The lowest BCUT2D eigenvalue weighted by Gasteiger charge is -2.21. The van der Waals surface area contributed by atoms with E-state index < -0.39 is 4.87 Å². The lowest BCUT2D eigenvalue weighted by Crippen LogP contribution is -2.35. The lowest BCUT2D eigenvalue weighted by atomic mass is 9.91. The number of anilines is 1. The van der Waals surface area contributed by atoms with Crippen molar-refractivity contribution in [3.63, 3.8) is 0 Å². The van der Waals surface area contributed by atoms with E-state index in [2.05, 4.69) is 0 Å². The second-order valence-corrected chi connectivity index (χ2v) is 5.11. The third kappa shape index (κ3) is 1.58. The molecule has 0 saturated heterocycles.